The summed E-state index contributed by atoms with van der Waals surface area (Å²) in [6.07, 6.45) is 1.90. The van der Waals surface area contributed by atoms with Crippen LogP contribution in [0, 0.1) is 11.8 Å². The van der Waals surface area contributed by atoms with Crippen LogP contribution in [0.3, 0.4) is 0 Å². The highest BCUT2D eigenvalue weighted by Gasteiger charge is 2.46. The number of rotatable bonds is 5. The average molecular weight is 333 g/mol. The van der Waals surface area contributed by atoms with Crippen molar-refractivity contribution in [3.8, 4) is 0 Å². The van der Waals surface area contributed by atoms with Crippen molar-refractivity contribution in [3.63, 3.8) is 0 Å². The van der Waals surface area contributed by atoms with Crippen LogP contribution in [0.1, 0.15) is 36.2 Å². The van der Waals surface area contributed by atoms with E-state index in [9.17, 15) is 22.0 Å². The molecule has 1 aromatic rings. The van der Waals surface area contributed by atoms with Gasteiger partial charge in [-0.05, 0) is 37.2 Å². The number of sulfonamides is 1. The quantitative estimate of drug-likeness (QED) is 0.883. The maximum Gasteiger partial charge on any atom is 0.282 e. The Labute approximate surface area is 126 Å². The number of fused-ring (bicyclic) bond motifs is 2. The van der Waals surface area contributed by atoms with Crippen molar-refractivity contribution in [2.45, 2.75) is 43.9 Å². The number of nitrogens with one attached hydrogen (secondary N) is 1. The van der Waals surface area contributed by atoms with E-state index in [1.54, 1.807) is 0 Å². The van der Waals surface area contributed by atoms with Crippen LogP contribution in [0.4, 0.5) is 8.78 Å². The predicted octanol–water partition coefficient (Wildman–Crippen LogP) is 1.40. The highest BCUT2D eigenvalue weighted by molar-refractivity contribution is 7.90. The van der Waals surface area contributed by atoms with Gasteiger partial charge in [-0.3, -0.25) is 9.48 Å². The van der Waals surface area contributed by atoms with Crippen LogP contribution in [-0.2, 0) is 16.6 Å². The Hall–Kier alpha value is -1.51. The minimum absolute atomic E-state index is 0.0984. The maximum absolute atomic E-state index is 12.4. The Morgan fingerprint density at radius 2 is 2.18 bits per heavy atom. The molecule has 9 heteroatoms. The van der Waals surface area contributed by atoms with Gasteiger partial charge in [0.25, 0.3) is 12.3 Å². The number of hydrogen-bond acceptors (Lipinski definition) is 4. The molecule has 0 spiro atoms. The topological polar surface area (TPSA) is 81.1 Å². The zero-order valence-electron chi connectivity index (χ0n) is 11.8. The average Bonchev–Trinajstić information content (AvgIpc) is 3.12. The third-order valence-electron chi connectivity index (χ3n) is 4.57. The Balaban J connectivity index is 1.72. The van der Waals surface area contributed by atoms with Gasteiger partial charge in [-0.15, -0.1) is 0 Å². The molecule has 3 rings (SSSR count). The van der Waals surface area contributed by atoms with Gasteiger partial charge in [0.1, 0.15) is 12.2 Å². The van der Waals surface area contributed by atoms with Gasteiger partial charge < -0.3 is 0 Å². The number of halogens is 2. The summed E-state index contributed by atoms with van der Waals surface area (Å²) in [7, 11) is -3.79. The van der Waals surface area contributed by atoms with Crippen molar-refractivity contribution in [1.29, 1.82) is 0 Å². The fraction of sp³-hybridized carbons (Fsp3) is 0.692. The first-order valence-electron chi connectivity index (χ1n) is 7.22. The van der Waals surface area contributed by atoms with E-state index in [2.05, 4.69) is 5.10 Å². The molecule has 1 aromatic heterocycles. The van der Waals surface area contributed by atoms with Gasteiger partial charge in [-0.1, -0.05) is 6.42 Å². The van der Waals surface area contributed by atoms with Gasteiger partial charge in [0, 0.05) is 6.20 Å². The monoisotopic (exact) mass is 333 g/mol. The van der Waals surface area contributed by atoms with Crippen molar-refractivity contribution in [1.82, 2.24) is 14.5 Å². The predicted molar refractivity (Wildman–Crippen MR) is 73.9 cm³/mol. The van der Waals surface area contributed by atoms with Gasteiger partial charge in [-0.2, -0.15) is 5.10 Å². The number of aromatic nitrogens is 2. The summed E-state index contributed by atoms with van der Waals surface area (Å²) in [6, 6.07) is 1.23. The van der Waals surface area contributed by atoms with Crippen molar-refractivity contribution >= 4 is 15.9 Å². The molecule has 0 radical (unpaired) electrons. The van der Waals surface area contributed by atoms with E-state index >= 15 is 0 Å². The lowest BCUT2D eigenvalue weighted by atomic mass is 10.0. The van der Waals surface area contributed by atoms with Crippen LogP contribution in [0.25, 0.3) is 0 Å². The van der Waals surface area contributed by atoms with Gasteiger partial charge in [0.2, 0.25) is 10.0 Å². The van der Waals surface area contributed by atoms with E-state index in [-0.39, 0.29) is 11.6 Å². The molecule has 1 heterocycles. The van der Waals surface area contributed by atoms with Crippen LogP contribution in [0.15, 0.2) is 12.3 Å². The molecule has 2 aliphatic carbocycles. The molecule has 2 fully saturated rings. The number of nitrogens with zero attached hydrogens (tertiary/aromatic N) is 2. The molecule has 0 aromatic carbocycles. The summed E-state index contributed by atoms with van der Waals surface area (Å²) in [6.45, 7) is -0.746. The van der Waals surface area contributed by atoms with Crippen LogP contribution in [-0.4, -0.2) is 35.8 Å². The molecule has 2 bridgehead atoms. The molecular formula is C13H17F2N3O3S. The minimum atomic E-state index is -3.79. The van der Waals surface area contributed by atoms with Gasteiger partial charge in [0.05, 0.1) is 5.25 Å². The van der Waals surface area contributed by atoms with Crippen LogP contribution >= 0.6 is 0 Å². The molecule has 3 atom stereocenters. The summed E-state index contributed by atoms with van der Waals surface area (Å²) in [5, 5.41) is 3.07. The fourth-order valence-corrected chi connectivity index (χ4v) is 5.42. The fourth-order valence-electron chi connectivity index (χ4n) is 3.63. The highest BCUT2D eigenvalue weighted by Crippen LogP contribution is 2.47. The van der Waals surface area contributed by atoms with E-state index in [0.717, 1.165) is 23.9 Å². The lowest BCUT2D eigenvalue weighted by Gasteiger charge is -2.21. The second kappa shape index (κ2) is 5.60. The van der Waals surface area contributed by atoms with Gasteiger partial charge in [0.15, 0.2) is 0 Å². The molecule has 1 N–H and O–H groups in total. The first-order chi connectivity index (χ1) is 10.4. The Bertz CT molecular complexity index is 674. The molecule has 2 aliphatic rings. The molecule has 2 saturated carbocycles. The standard InChI is InChI=1S/C13H17F2N3O3S/c14-12(15)7-18-10(3-4-16-18)13(19)17-22(20,21)11-6-8-1-2-9(11)5-8/h3-4,8-9,11-12H,1-2,5-7H2,(H,17,19)/t8-,9+,11?/m1/s1. The number of carbonyl (C=O) groups is 1. The molecule has 1 amide bonds. The van der Waals surface area contributed by atoms with Gasteiger partial charge in [-0.25, -0.2) is 21.9 Å². The molecule has 1 unspecified atom stereocenters. The first-order valence-corrected chi connectivity index (χ1v) is 8.77. The summed E-state index contributed by atoms with van der Waals surface area (Å²) < 4.78 is 52.4. The van der Waals surface area contributed by atoms with Crippen molar-refractivity contribution in [3.05, 3.63) is 18.0 Å². The lowest BCUT2D eigenvalue weighted by Crippen LogP contribution is -2.41. The number of alkyl halides is 2. The first kappa shape index (κ1) is 15.4. The summed E-state index contributed by atoms with van der Waals surface area (Å²) in [5.74, 6) is -0.381. The molecule has 0 saturated heterocycles. The third kappa shape index (κ3) is 2.86. The molecule has 6 nitrogen and oxygen atoms in total. The van der Waals surface area contributed by atoms with Crippen molar-refractivity contribution in [2.24, 2.45) is 11.8 Å². The smallest absolute Gasteiger partial charge is 0.266 e. The van der Waals surface area contributed by atoms with E-state index in [4.69, 9.17) is 0 Å². The Kier molecular flexibility index (Phi) is 3.92. The number of hydrogen-bond donors (Lipinski definition) is 1. The number of amides is 1. The van der Waals surface area contributed by atoms with Crippen LogP contribution in [0.5, 0.6) is 0 Å². The minimum Gasteiger partial charge on any atom is -0.266 e. The second-order valence-electron chi connectivity index (χ2n) is 5.98. The van der Waals surface area contributed by atoms with E-state index in [0.29, 0.717) is 12.3 Å². The number of carbonyl (C=O) groups excluding carboxylic acids is 1. The maximum atomic E-state index is 12.4. The highest BCUT2D eigenvalue weighted by atomic mass is 32.2. The van der Waals surface area contributed by atoms with E-state index in [1.165, 1.54) is 12.3 Å². The zero-order valence-corrected chi connectivity index (χ0v) is 12.6. The normalized spacial score (nSPS) is 27.5. The van der Waals surface area contributed by atoms with E-state index in [1.807, 2.05) is 4.72 Å². The molecule has 0 aliphatic heterocycles. The van der Waals surface area contributed by atoms with Crippen molar-refractivity contribution < 1.29 is 22.0 Å². The van der Waals surface area contributed by atoms with E-state index < -0.39 is 34.2 Å². The van der Waals surface area contributed by atoms with Crippen LogP contribution in [0.2, 0.25) is 0 Å². The summed E-state index contributed by atoms with van der Waals surface area (Å²) in [4.78, 5) is 12.1. The Morgan fingerprint density at radius 3 is 2.77 bits per heavy atom. The largest absolute Gasteiger partial charge is 0.282 e. The molecule has 22 heavy (non-hydrogen) atoms. The molecular weight excluding hydrogens is 316 g/mol. The SMILES string of the molecule is O=C(NS(=O)(=O)C1C[C@@H]2CC[C@H]1C2)c1ccnn1CC(F)F. The Morgan fingerprint density at radius 1 is 1.41 bits per heavy atom. The molecule has 122 valence electrons. The van der Waals surface area contributed by atoms with Crippen LogP contribution < -0.4 is 4.72 Å². The third-order valence-corrected chi connectivity index (χ3v) is 6.41. The summed E-state index contributed by atoms with van der Waals surface area (Å²) in [5.41, 5.74) is -0.174. The zero-order chi connectivity index (χ0) is 15.9. The van der Waals surface area contributed by atoms with Gasteiger partial charge >= 0.3 is 0 Å². The second-order valence-corrected chi connectivity index (χ2v) is 7.88. The lowest BCUT2D eigenvalue weighted by molar-refractivity contribution is 0.0950. The van der Waals surface area contributed by atoms with Crippen molar-refractivity contribution in [2.75, 3.05) is 0 Å². The summed E-state index contributed by atoms with van der Waals surface area (Å²) >= 11 is 0.